The number of rotatable bonds is 6. The van der Waals surface area contributed by atoms with Gasteiger partial charge < -0.3 is 0 Å². The third-order valence-corrected chi connectivity index (χ3v) is 8.62. The second-order valence-electron chi connectivity index (χ2n) is 10.7. The molecule has 1 fully saturated rings. The van der Waals surface area contributed by atoms with Gasteiger partial charge in [0.25, 0.3) is 0 Å². The first-order chi connectivity index (χ1) is 14.6. The van der Waals surface area contributed by atoms with Gasteiger partial charge in [-0.2, -0.15) is 0 Å². The summed E-state index contributed by atoms with van der Waals surface area (Å²) in [6, 6.07) is 11.0. The van der Waals surface area contributed by atoms with Crippen LogP contribution in [-0.2, 0) is 0 Å². The maximum atomic E-state index is 2.69. The highest BCUT2D eigenvalue weighted by atomic mass is 14.5. The van der Waals surface area contributed by atoms with Gasteiger partial charge in [-0.1, -0.05) is 100 Å². The summed E-state index contributed by atoms with van der Waals surface area (Å²) in [7, 11) is 0. The van der Waals surface area contributed by atoms with E-state index in [1.165, 1.54) is 75.3 Å². The van der Waals surface area contributed by atoms with Crippen LogP contribution in [0.1, 0.15) is 90.5 Å². The van der Waals surface area contributed by atoms with Crippen LogP contribution in [0.5, 0.6) is 0 Å². The molecule has 0 nitrogen and oxygen atoms in total. The zero-order valence-corrected chi connectivity index (χ0v) is 19.6. The summed E-state index contributed by atoms with van der Waals surface area (Å²) < 4.78 is 0. The van der Waals surface area contributed by atoms with Gasteiger partial charge in [-0.15, -0.1) is 0 Å². The quantitative estimate of drug-likeness (QED) is 0.416. The summed E-state index contributed by atoms with van der Waals surface area (Å²) in [6.07, 6.45) is 24.0. The first kappa shape index (κ1) is 21.7. The van der Waals surface area contributed by atoms with Crippen LogP contribution in [0.15, 0.2) is 60.2 Å². The van der Waals surface area contributed by atoms with Gasteiger partial charge in [-0.25, -0.2) is 0 Å². The lowest BCUT2D eigenvalue weighted by molar-refractivity contribution is 0.171. The third kappa shape index (κ3) is 4.68. The summed E-state index contributed by atoms with van der Waals surface area (Å²) >= 11 is 0. The molecule has 0 bridgehead atoms. The standard InChI is InChI=1S/C30H42/c1-4-23(2)22-25-12-16-29(17-13-25)30(28-14-10-24(3)11-15-28)20-18-27(19-21-30)26-8-6-5-7-9-26/h5-9,16,18-20,23-25,28H,4,10-15,17,21-22H2,1-3H3/t23?,24-,25?,28-,30?. The fourth-order valence-corrected chi connectivity index (χ4v) is 6.34. The number of allylic oxidation sites excluding steroid dienone is 6. The van der Waals surface area contributed by atoms with Crippen LogP contribution in [0.3, 0.4) is 0 Å². The molecular formula is C30H42. The molecule has 3 aliphatic rings. The lowest BCUT2D eigenvalue weighted by Crippen LogP contribution is -2.35. The minimum Gasteiger partial charge on any atom is -0.0842 e. The summed E-state index contributed by atoms with van der Waals surface area (Å²) in [5, 5.41) is 0. The van der Waals surface area contributed by atoms with Gasteiger partial charge in [0.1, 0.15) is 0 Å². The van der Waals surface area contributed by atoms with E-state index in [2.05, 4.69) is 75.4 Å². The van der Waals surface area contributed by atoms with E-state index in [0.717, 1.165) is 23.7 Å². The molecular weight excluding hydrogens is 360 g/mol. The van der Waals surface area contributed by atoms with Gasteiger partial charge in [0, 0.05) is 5.41 Å². The van der Waals surface area contributed by atoms with Gasteiger partial charge >= 0.3 is 0 Å². The van der Waals surface area contributed by atoms with Crippen LogP contribution in [0.4, 0.5) is 0 Å². The van der Waals surface area contributed by atoms with Gasteiger partial charge in [0.05, 0.1) is 0 Å². The topological polar surface area (TPSA) is 0 Å². The fourth-order valence-electron chi connectivity index (χ4n) is 6.34. The number of benzene rings is 1. The monoisotopic (exact) mass is 402 g/mol. The Hall–Kier alpha value is -1.56. The lowest BCUT2D eigenvalue weighted by atomic mass is 9.58. The predicted octanol–water partition coefficient (Wildman–Crippen LogP) is 9.01. The average Bonchev–Trinajstić information content (AvgIpc) is 2.80. The van der Waals surface area contributed by atoms with E-state index in [1.807, 2.05) is 0 Å². The zero-order chi connectivity index (χ0) is 21.0. The van der Waals surface area contributed by atoms with Gasteiger partial charge in [0.15, 0.2) is 0 Å². The molecule has 0 N–H and O–H groups in total. The molecule has 0 radical (unpaired) electrons. The SMILES string of the molecule is CCC(C)CC1CC=C(C2([C@H]3CC[C@H](C)CC3)C=CC(c3ccccc3)=CC2)CC1. The molecule has 1 aromatic carbocycles. The van der Waals surface area contributed by atoms with Crippen molar-refractivity contribution in [3.8, 4) is 0 Å². The average molecular weight is 403 g/mol. The maximum absolute atomic E-state index is 2.69. The lowest BCUT2D eigenvalue weighted by Gasteiger charge is -2.46. The van der Waals surface area contributed by atoms with Crippen LogP contribution in [0.25, 0.3) is 5.57 Å². The largest absolute Gasteiger partial charge is 0.0842 e. The van der Waals surface area contributed by atoms with E-state index in [1.54, 1.807) is 5.57 Å². The Kier molecular flexibility index (Phi) is 7.01. The highest BCUT2D eigenvalue weighted by molar-refractivity contribution is 5.75. The predicted molar refractivity (Wildman–Crippen MR) is 131 cm³/mol. The molecule has 0 aromatic heterocycles. The van der Waals surface area contributed by atoms with Crippen LogP contribution < -0.4 is 0 Å². The van der Waals surface area contributed by atoms with Crippen LogP contribution in [0.2, 0.25) is 0 Å². The normalized spacial score (nSPS) is 33.0. The Labute approximate surface area is 185 Å². The van der Waals surface area contributed by atoms with E-state index in [4.69, 9.17) is 0 Å². The van der Waals surface area contributed by atoms with Crippen molar-refractivity contribution in [1.82, 2.24) is 0 Å². The van der Waals surface area contributed by atoms with Crippen molar-refractivity contribution in [1.29, 1.82) is 0 Å². The summed E-state index contributed by atoms with van der Waals surface area (Å²) in [4.78, 5) is 0. The molecule has 3 atom stereocenters. The minimum atomic E-state index is 0.291. The first-order valence-electron chi connectivity index (χ1n) is 12.7. The molecule has 1 aromatic rings. The molecule has 0 heterocycles. The van der Waals surface area contributed by atoms with E-state index in [9.17, 15) is 0 Å². The highest BCUT2D eigenvalue weighted by Gasteiger charge is 2.42. The van der Waals surface area contributed by atoms with Gasteiger partial charge in [-0.3, -0.25) is 0 Å². The van der Waals surface area contributed by atoms with Crippen molar-refractivity contribution in [3.63, 3.8) is 0 Å². The molecule has 0 aliphatic heterocycles. The third-order valence-electron chi connectivity index (χ3n) is 8.62. The minimum absolute atomic E-state index is 0.291. The molecule has 3 aliphatic carbocycles. The molecule has 0 spiro atoms. The van der Waals surface area contributed by atoms with Crippen LogP contribution >= 0.6 is 0 Å². The van der Waals surface area contributed by atoms with Crippen molar-refractivity contribution >= 4 is 5.57 Å². The van der Waals surface area contributed by atoms with E-state index >= 15 is 0 Å². The molecule has 1 saturated carbocycles. The molecule has 30 heavy (non-hydrogen) atoms. The van der Waals surface area contributed by atoms with Gasteiger partial charge in [-0.05, 0) is 79.8 Å². The number of hydrogen-bond donors (Lipinski definition) is 0. The Morgan fingerprint density at radius 2 is 1.77 bits per heavy atom. The summed E-state index contributed by atoms with van der Waals surface area (Å²) in [5.41, 5.74) is 4.86. The van der Waals surface area contributed by atoms with Crippen molar-refractivity contribution in [3.05, 3.63) is 65.8 Å². The smallest absolute Gasteiger partial charge is 0.0157 e. The molecule has 4 rings (SSSR count). The second-order valence-corrected chi connectivity index (χ2v) is 10.7. The van der Waals surface area contributed by atoms with Crippen molar-refractivity contribution in [2.45, 2.75) is 85.0 Å². The molecule has 0 saturated heterocycles. The van der Waals surface area contributed by atoms with Crippen molar-refractivity contribution in [2.75, 3.05) is 0 Å². The van der Waals surface area contributed by atoms with Crippen LogP contribution in [-0.4, -0.2) is 0 Å². The van der Waals surface area contributed by atoms with E-state index < -0.39 is 0 Å². The number of hydrogen-bond acceptors (Lipinski definition) is 0. The van der Waals surface area contributed by atoms with Crippen molar-refractivity contribution in [2.24, 2.45) is 29.1 Å². The fraction of sp³-hybridized carbons (Fsp3) is 0.600. The first-order valence-corrected chi connectivity index (χ1v) is 12.7. The highest BCUT2D eigenvalue weighted by Crippen LogP contribution is 2.53. The molecule has 3 unspecified atom stereocenters. The summed E-state index contributed by atoms with van der Waals surface area (Å²) in [6.45, 7) is 7.23. The Balaban J connectivity index is 1.56. The molecule has 162 valence electrons. The Bertz CT molecular complexity index is 772. The van der Waals surface area contributed by atoms with Crippen LogP contribution in [0, 0.1) is 29.1 Å². The van der Waals surface area contributed by atoms with Crippen molar-refractivity contribution < 1.29 is 0 Å². The van der Waals surface area contributed by atoms with E-state index in [0.29, 0.717) is 5.41 Å². The second kappa shape index (κ2) is 9.71. The Morgan fingerprint density at radius 3 is 2.37 bits per heavy atom. The molecule has 0 heteroatoms. The van der Waals surface area contributed by atoms with E-state index in [-0.39, 0.29) is 0 Å². The molecule has 0 amide bonds. The Morgan fingerprint density at radius 1 is 1.00 bits per heavy atom. The van der Waals surface area contributed by atoms with Gasteiger partial charge in [0.2, 0.25) is 0 Å². The maximum Gasteiger partial charge on any atom is 0.0157 e. The summed E-state index contributed by atoms with van der Waals surface area (Å²) in [5.74, 6) is 3.54. The zero-order valence-electron chi connectivity index (χ0n) is 19.6.